The van der Waals surface area contributed by atoms with Gasteiger partial charge in [-0.1, -0.05) is 0 Å². The Morgan fingerprint density at radius 1 is 1.35 bits per heavy atom. The highest BCUT2D eigenvalue weighted by Crippen LogP contribution is 2.18. The van der Waals surface area contributed by atoms with E-state index in [-0.39, 0.29) is 0 Å². The number of nitrogens with one attached hydrogen (secondary N) is 2. The van der Waals surface area contributed by atoms with E-state index in [4.69, 9.17) is 5.73 Å². The van der Waals surface area contributed by atoms with Crippen molar-refractivity contribution in [1.29, 1.82) is 0 Å². The Morgan fingerprint density at radius 3 is 2.76 bits per heavy atom. The zero-order chi connectivity index (χ0) is 12.3. The fourth-order valence-corrected chi connectivity index (χ4v) is 1.66. The Balaban J connectivity index is 2.00. The number of hydrogen-bond donors (Lipinski definition) is 3. The van der Waals surface area contributed by atoms with Crippen LogP contribution in [0.4, 0.5) is 5.95 Å². The molecular weight excluding hydrogens is 352 g/mol. The number of nitrogen functional groups attached to an aromatic ring is 1. The van der Waals surface area contributed by atoms with Gasteiger partial charge < -0.3 is 15.7 Å². The highest BCUT2D eigenvalue weighted by molar-refractivity contribution is 9.13. The molecule has 17 heavy (non-hydrogen) atoms. The maximum absolute atomic E-state index is 5.43. The van der Waals surface area contributed by atoms with Crippen LogP contribution in [0.1, 0.15) is 11.5 Å². The predicted molar refractivity (Wildman–Crippen MR) is 73.6 cm³/mol. The van der Waals surface area contributed by atoms with Crippen molar-refractivity contribution in [2.45, 2.75) is 0 Å². The van der Waals surface area contributed by atoms with Crippen LogP contribution in [0.3, 0.4) is 0 Å². The Morgan fingerprint density at radius 2 is 2.18 bits per heavy atom. The number of anilines is 1. The summed E-state index contributed by atoms with van der Waals surface area (Å²) in [7, 11) is 0. The van der Waals surface area contributed by atoms with Crippen LogP contribution in [0.25, 0.3) is 6.08 Å². The first-order valence-corrected chi connectivity index (χ1v) is 6.15. The zero-order valence-electron chi connectivity index (χ0n) is 8.48. The van der Waals surface area contributed by atoms with E-state index in [9.17, 15) is 0 Å². The molecule has 0 fully saturated rings. The Bertz CT molecular complexity index is 548. The van der Waals surface area contributed by atoms with Gasteiger partial charge in [0.15, 0.2) is 11.8 Å². The van der Waals surface area contributed by atoms with Crippen LogP contribution < -0.4 is 5.73 Å². The van der Waals surface area contributed by atoms with Gasteiger partial charge in [0.2, 0.25) is 0 Å². The summed E-state index contributed by atoms with van der Waals surface area (Å²) in [4.78, 5) is 17.9. The lowest BCUT2D eigenvalue weighted by atomic mass is 10.5. The lowest BCUT2D eigenvalue weighted by Crippen LogP contribution is -1.85. The van der Waals surface area contributed by atoms with Crippen molar-refractivity contribution >= 4 is 50.1 Å². The van der Waals surface area contributed by atoms with Crippen molar-refractivity contribution in [3.8, 4) is 0 Å². The van der Waals surface area contributed by atoms with Crippen LogP contribution in [0.15, 0.2) is 26.6 Å². The summed E-state index contributed by atoms with van der Waals surface area (Å²) >= 11 is 6.56. The number of hydrogen-bond acceptors (Lipinski definition) is 4. The molecule has 88 valence electrons. The van der Waals surface area contributed by atoms with E-state index in [0.29, 0.717) is 16.4 Å². The smallest absolute Gasteiger partial charge is 0.197 e. The number of rotatable bonds is 3. The fraction of sp³-hybridized carbons (Fsp3) is 0. The van der Waals surface area contributed by atoms with E-state index < -0.39 is 0 Å². The van der Waals surface area contributed by atoms with Crippen molar-refractivity contribution in [2.75, 3.05) is 5.73 Å². The lowest BCUT2D eigenvalue weighted by molar-refractivity contribution is 1.25. The number of nitrogens with two attached hydrogens (primary N) is 1. The molecule has 0 aliphatic carbocycles. The van der Waals surface area contributed by atoms with Crippen molar-refractivity contribution in [3.05, 3.63) is 33.1 Å². The van der Waals surface area contributed by atoms with Gasteiger partial charge in [0.05, 0.1) is 18.1 Å². The van der Waals surface area contributed by atoms with Gasteiger partial charge in [-0.2, -0.15) is 0 Å². The molecule has 0 radical (unpaired) electrons. The summed E-state index contributed by atoms with van der Waals surface area (Å²) < 4.78 is 1.49. The maximum Gasteiger partial charge on any atom is 0.197 e. The van der Waals surface area contributed by atoms with Gasteiger partial charge in [-0.25, -0.2) is 9.97 Å². The molecule has 0 saturated heterocycles. The number of aromatic amines is 2. The van der Waals surface area contributed by atoms with Crippen LogP contribution in [0.5, 0.6) is 0 Å². The van der Waals surface area contributed by atoms with Crippen molar-refractivity contribution in [1.82, 2.24) is 19.9 Å². The minimum absolute atomic E-state index is 0.382. The van der Waals surface area contributed by atoms with E-state index in [1.165, 1.54) is 0 Å². The second-order valence-electron chi connectivity index (χ2n) is 3.04. The van der Waals surface area contributed by atoms with Gasteiger partial charge in [-0.3, -0.25) is 4.99 Å². The predicted octanol–water partition coefficient (Wildman–Crippen LogP) is 2.33. The highest BCUT2D eigenvalue weighted by Gasteiger charge is 2.01. The number of nitrogens with zero attached hydrogens (tertiary/aromatic N) is 3. The van der Waals surface area contributed by atoms with Crippen LogP contribution in [0, 0.1) is 0 Å². The largest absolute Gasteiger partial charge is 0.369 e. The molecule has 4 N–H and O–H groups in total. The molecule has 0 aliphatic rings. The first-order chi connectivity index (χ1) is 8.15. The number of halogens is 2. The van der Waals surface area contributed by atoms with Crippen LogP contribution in [0.2, 0.25) is 0 Å². The monoisotopic (exact) mass is 358 g/mol. The summed E-state index contributed by atoms with van der Waals surface area (Å²) in [5.74, 6) is 1.03. The van der Waals surface area contributed by atoms with Gasteiger partial charge in [0.25, 0.3) is 0 Å². The molecule has 2 aromatic rings. The first kappa shape index (κ1) is 12.1. The number of imidazole rings is 2. The van der Waals surface area contributed by atoms with Crippen molar-refractivity contribution < 1.29 is 0 Å². The summed E-state index contributed by atoms with van der Waals surface area (Å²) in [6, 6.07) is 0. The molecule has 6 nitrogen and oxygen atoms in total. The van der Waals surface area contributed by atoms with E-state index in [1.807, 2.05) is 0 Å². The minimum atomic E-state index is 0.382. The van der Waals surface area contributed by atoms with E-state index in [1.54, 1.807) is 24.7 Å². The second-order valence-corrected chi connectivity index (χ2v) is 4.59. The molecule has 0 saturated carbocycles. The quantitative estimate of drug-likeness (QED) is 0.734. The van der Waals surface area contributed by atoms with Gasteiger partial charge in [0.1, 0.15) is 9.21 Å². The van der Waals surface area contributed by atoms with E-state index >= 15 is 0 Å². The summed E-state index contributed by atoms with van der Waals surface area (Å²) in [6.45, 7) is 0. The Labute approximate surface area is 114 Å². The first-order valence-electron chi connectivity index (χ1n) is 4.56. The average molecular weight is 360 g/mol. The molecule has 0 aromatic carbocycles. The van der Waals surface area contributed by atoms with Crippen LogP contribution >= 0.6 is 31.9 Å². The van der Waals surface area contributed by atoms with Gasteiger partial charge in [-0.05, 0) is 37.9 Å². The Hall–Kier alpha value is -1.41. The second kappa shape index (κ2) is 5.28. The molecular formula is C9H8Br2N6. The molecule has 0 aliphatic heterocycles. The van der Waals surface area contributed by atoms with Gasteiger partial charge in [-0.15, -0.1) is 0 Å². The molecule has 0 spiro atoms. The molecule has 0 amide bonds. The van der Waals surface area contributed by atoms with Crippen LogP contribution in [-0.2, 0) is 0 Å². The zero-order valence-corrected chi connectivity index (χ0v) is 11.7. The van der Waals surface area contributed by atoms with Gasteiger partial charge >= 0.3 is 0 Å². The van der Waals surface area contributed by atoms with Crippen LogP contribution in [-0.4, -0.2) is 26.2 Å². The normalized spacial score (nSPS) is 11.9. The molecule has 0 atom stereocenters. The summed E-state index contributed by atoms with van der Waals surface area (Å²) in [5, 5.41) is 0. The molecule has 0 bridgehead atoms. The highest BCUT2D eigenvalue weighted by atomic mass is 79.9. The topological polar surface area (TPSA) is 95.7 Å². The van der Waals surface area contributed by atoms with Gasteiger partial charge in [0, 0.05) is 6.20 Å². The number of aliphatic imine (C=N–C) groups is 1. The fourth-order valence-electron chi connectivity index (χ4n) is 1.08. The standard InChI is InChI=1S/C9H8Br2N6/c10-7-8(11)17-6(16-7)4-13-2-1-5-3-14-9(12)15-5/h1-4H,(H,16,17)(H3,12,14,15)/b2-1+,13-4?. The third-order valence-corrected chi connectivity index (χ3v) is 3.47. The molecule has 2 aromatic heterocycles. The SMILES string of the molecule is Nc1ncc(/C=C/N=Cc2nc(Br)c(Br)[nH]2)[nH]1. The molecule has 2 heterocycles. The average Bonchev–Trinajstić information content (AvgIpc) is 2.82. The molecule has 2 rings (SSSR count). The number of aromatic nitrogens is 4. The van der Waals surface area contributed by atoms with Crippen molar-refractivity contribution in [2.24, 2.45) is 4.99 Å². The third kappa shape index (κ3) is 3.27. The third-order valence-electron chi connectivity index (χ3n) is 1.79. The van der Waals surface area contributed by atoms with E-state index in [2.05, 4.69) is 56.8 Å². The summed E-state index contributed by atoms with van der Waals surface area (Å²) in [6.07, 6.45) is 6.61. The molecule has 0 unspecified atom stereocenters. The van der Waals surface area contributed by atoms with Crippen molar-refractivity contribution in [3.63, 3.8) is 0 Å². The summed E-state index contributed by atoms with van der Waals surface area (Å²) in [5.41, 5.74) is 6.22. The maximum atomic E-state index is 5.43. The number of H-pyrrole nitrogens is 2. The molecule has 8 heteroatoms. The Kier molecular flexibility index (Phi) is 3.75. The lowest BCUT2D eigenvalue weighted by Gasteiger charge is -1.82. The minimum Gasteiger partial charge on any atom is -0.369 e. The van der Waals surface area contributed by atoms with E-state index in [0.717, 1.165) is 10.3 Å².